The predicted octanol–water partition coefficient (Wildman–Crippen LogP) is 4.90. The van der Waals surface area contributed by atoms with E-state index in [1.807, 2.05) is 6.92 Å². The van der Waals surface area contributed by atoms with Crippen LogP contribution in [0.4, 0.5) is 13.2 Å². The molecule has 2 aromatic carbocycles. The van der Waals surface area contributed by atoms with Crippen molar-refractivity contribution in [2.45, 2.75) is 58.3 Å². The van der Waals surface area contributed by atoms with E-state index in [1.165, 1.54) is 27.0 Å². The molecule has 2 N–H and O–H groups in total. The molecule has 2 aromatic rings. The highest BCUT2D eigenvalue weighted by Crippen LogP contribution is 2.41. The van der Waals surface area contributed by atoms with Gasteiger partial charge in [0.15, 0.2) is 5.84 Å². The molecule has 2 atom stereocenters. The van der Waals surface area contributed by atoms with Crippen molar-refractivity contribution < 1.29 is 32.7 Å². The van der Waals surface area contributed by atoms with Crippen LogP contribution >= 0.6 is 0 Å². The monoisotopic (exact) mass is 531 g/mol. The molecule has 38 heavy (non-hydrogen) atoms. The smallest absolute Gasteiger partial charge is 0.330 e. The molecule has 0 unspecified atom stereocenters. The van der Waals surface area contributed by atoms with E-state index < -0.39 is 29.3 Å². The summed E-state index contributed by atoms with van der Waals surface area (Å²) in [6.45, 7) is 6.23. The fourth-order valence-electron chi connectivity index (χ4n) is 4.64. The van der Waals surface area contributed by atoms with Crippen molar-refractivity contribution in [2.75, 3.05) is 13.7 Å². The Bertz CT molecular complexity index is 1250. The number of alkyl halides is 1. The van der Waals surface area contributed by atoms with Gasteiger partial charge < -0.3 is 15.3 Å². The van der Waals surface area contributed by atoms with Crippen LogP contribution in [0.1, 0.15) is 68.0 Å². The van der Waals surface area contributed by atoms with Crippen LogP contribution in [-0.4, -0.2) is 53.2 Å². The van der Waals surface area contributed by atoms with Crippen LogP contribution in [0.5, 0.6) is 0 Å². The van der Waals surface area contributed by atoms with Crippen LogP contribution in [0.15, 0.2) is 41.6 Å². The third-order valence-corrected chi connectivity index (χ3v) is 6.35. The molecule has 1 amide bonds. The number of esters is 1. The highest BCUT2D eigenvalue weighted by Gasteiger charge is 2.39. The van der Waals surface area contributed by atoms with Gasteiger partial charge in [0.2, 0.25) is 5.91 Å². The van der Waals surface area contributed by atoms with Gasteiger partial charge in [-0.15, -0.1) is 0 Å². The average Bonchev–Trinajstić information content (AvgIpc) is 2.85. The molecule has 1 heterocycles. The first-order valence-corrected chi connectivity index (χ1v) is 12.2. The number of carbonyl (C=O) groups excluding carboxylic acids is 2. The molecular weight excluding hydrogens is 499 g/mol. The highest BCUT2D eigenvalue weighted by molar-refractivity contribution is 6.07. The van der Waals surface area contributed by atoms with E-state index in [9.17, 15) is 19.2 Å². The average molecular weight is 532 g/mol. The topological polar surface area (TPSA) is 91.2 Å². The number of amidine groups is 1. The van der Waals surface area contributed by atoms with Gasteiger partial charge in [-0.3, -0.25) is 9.69 Å². The van der Waals surface area contributed by atoms with Crippen molar-refractivity contribution in [1.29, 1.82) is 0 Å². The van der Waals surface area contributed by atoms with E-state index >= 15 is 8.78 Å². The second-order valence-corrected chi connectivity index (χ2v) is 9.87. The van der Waals surface area contributed by atoms with Gasteiger partial charge in [-0.2, -0.15) is 0 Å². The Morgan fingerprint density at radius 3 is 2.45 bits per heavy atom. The lowest BCUT2D eigenvalue weighted by molar-refractivity contribution is -0.134. The van der Waals surface area contributed by atoms with E-state index in [0.29, 0.717) is 23.1 Å². The number of rotatable bonds is 7. The first-order chi connectivity index (χ1) is 17.9. The fourth-order valence-corrected chi connectivity index (χ4v) is 4.64. The predicted molar refractivity (Wildman–Crippen MR) is 138 cm³/mol. The van der Waals surface area contributed by atoms with Crippen molar-refractivity contribution in [3.05, 3.63) is 75.9 Å². The van der Waals surface area contributed by atoms with Gasteiger partial charge in [0.05, 0.1) is 13.2 Å². The summed E-state index contributed by atoms with van der Waals surface area (Å²) in [7, 11) is 1.19. The van der Waals surface area contributed by atoms with Crippen LogP contribution < -0.4 is 5.32 Å². The number of carbonyl (C=O) groups is 2. The summed E-state index contributed by atoms with van der Waals surface area (Å²) < 4.78 is 50.5. The maximum absolute atomic E-state index is 15.6. The fraction of sp³-hybridized carbons (Fsp3) is 0.393. The van der Waals surface area contributed by atoms with Gasteiger partial charge in [0.25, 0.3) is 0 Å². The number of methoxy groups -OCH3 is 1. The molecule has 0 bridgehead atoms. The minimum Gasteiger partial charge on any atom is -0.466 e. The number of nitrogens with one attached hydrogen (secondary N) is 1. The summed E-state index contributed by atoms with van der Waals surface area (Å²) in [5.41, 5.74) is -0.0789. The lowest BCUT2D eigenvalue weighted by atomic mass is 9.82. The Morgan fingerprint density at radius 2 is 1.89 bits per heavy atom. The van der Waals surface area contributed by atoms with Gasteiger partial charge in [-0.05, 0) is 68.2 Å². The molecule has 1 aliphatic rings. The molecule has 204 valence electrons. The molecule has 0 spiro atoms. The van der Waals surface area contributed by atoms with Crippen LogP contribution in [0.2, 0.25) is 0 Å². The van der Waals surface area contributed by atoms with Crippen LogP contribution in [0.25, 0.3) is 6.08 Å². The van der Waals surface area contributed by atoms with E-state index in [2.05, 4.69) is 15.2 Å². The third kappa shape index (κ3) is 6.61. The maximum Gasteiger partial charge on any atom is 0.330 e. The summed E-state index contributed by atoms with van der Waals surface area (Å²) in [5.74, 6) is -2.76. The maximum atomic E-state index is 15.6. The van der Waals surface area contributed by atoms with Crippen molar-refractivity contribution in [3.8, 4) is 0 Å². The Morgan fingerprint density at radius 1 is 1.24 bits per heavy atom. The second kappa shape index (κ2) is 11.8. The molecule has 7 nitrogen and oxygen atoms in total. The molecule has 0 fully saturated rings. The van der Waals surface area contributed by atoms with Crippen LogP contribution in [0, 0.1) is 11.6 Å². The van der Waals surface area contributed by atoms with E-state index in [4.69, 9.17) is 0 Å². The number of nitrogens with zero attached hydrogens (tertiary/aromatic N) is 2. The summed E-state index contributed by atoms with van der Waals surface area (Å²) in [4.78, 5) is 25.0. The zero-order valence-electron chi connectivity index (χ0n) is 22.0. The molecule has 0 aliphatic carbocycles. The molecule has 0 radical (unpaired) electrons. The number of ether oxygens (including phenoxy) is 1. The molecule has 0 saturated heterocycles. The first kappa shape index (κ1) is 28.9. The number of oxime groups is 1. The number of benzene rings is 2. The van der Waals surface area contributed by atoms with E-state index in [-0.39, 0.29) is 41.9 Å². The minimum absolute atomic E-state index is 0.0460. The van der Waals surface area contributed by atoms with Crippen molar-refractivity contribution in [2.24, 2.45) is 5.16 Å². The number of halogens is 3. The summed E-state index contributed by atoms with van der Waals surface area (Å²) in [5, 5.41) is 15.2. The Hall–Kier alpha value is -3.66. The van der Waals surface area contributed by atoms with E-state index in [1.54, 1.807) is 30.0 Å². The molecule has 0 saturated carbocycles. The van der Waals surface area contributed by atoms with Crippen molar-refractivity contribution in [1.82, 2.24) is 10.2 Å². The molecule has 1 aliphatic heterocycles. The quantitative estimate of drug-likeness (QED) is 0.133. The van der Waals surface area contributed by atoms with Gasteiger partial charge in [0, 0.05) is 36.2 Å². The normalized spacial score (nSPS) is 18.4. The molecule has 0 aromatic heterocycles. The summed E-state index contributed by atoms with van der Waals surface area (Å²) in [6, 6.07) is 5.88. The Balaban J connectivity index is 2.15. The van der Waals surface area contributed by atoms with Crippen molar-refractivity contribution >= 4 is 23.8 Å². The van der Waals surface area contributed by atoms with E-state index in [0.717, 1.165) is 18.2 Å². The number of hydrogen-bond donors (Lipinski definition) is 2. The zero-order valence-corrected chi connectivity index (χ0v) is 22.0. The molecule has 10 heteroatoms. The Labute approximate surface area is 220 Å². The molecule has 3 rings (SSSR count). The molecular formula is C28H32F3N3O4. The summed E-state index contributed by atoms with van der Waals surface area (Å²) in [6.07, 6.45) is 2.91. The minimum atomic E-state index is -1.65. The highest BCUT2D eigenvalue weighted by atomic mass is 19.1. The van der Waals surface area contributed by atoms with Gasteiger partial charge in [-0.1, -0.05) is 24.2 Å². The number of hydrogen-bond acceptors (Lipinski definition) is 6. The van der Waals surface area contributed by atoms with Gasteiger partial charge in [-0.25, -0.2) is 18.0 Å². The number of amides is 1. The number of fused-ring (bicyclic) bond motifs is 1. The largest absolute Gasteiger partial charge is 0.466 e. The zero-order chi connectivity index (χ0) is 28.2. The third-order valence-electron chi connectivity index (χ3n) is 6.35. The van der Waals surface area contributed by atoms with Gasteiger partial charge >= 0.3 is 5.97 Å². The van der Waals surface area contributed by atoms with Crippen LogP contribution in [-0.2, 0) is 20.7 Å². The van der Waals surface area contributed by atoms with Crippen molar-refractivity contribution in [3.63, 3.8) is 0 Å². The second-order valence-electron chi connectivity index (χ2n) is 9.87. The SMILES string of the molecule is CCC(=O)N/C(=N\O)c1ccc2c(c1)C[C@H](C)N(CC(C)(C)F)[C@H]2c1c(F)cc(/C=C/C(=O)OC)cc1F. The standard InChI is InChI=1S/C28H32F3N3O4/c1-6-23(35)32-27(33-37)18-8-9-20-19(14-18)11-16(2)34(15-28(3,4)31)26(20)25-21(29)12-17(13-22(25)30)7-10-24(36)38-5/h7-10,12-14,16,26,37H,6,11,15H2,1-5H3,(H,32,33,35)/b10-7+/t16-,26+/m0/s1. The van der Waals surface area contributed by atoms with Gasteiger partial charge in [0.1, 0.15) is 17.3 Å². The Kier molecular flexibility index (Phi) is 8.98. The van der Waals surface area contributed by atoms with Crippen LogP contribution in [0.3, 0.4) is 0 Å². The first-order valence-electron chi connectivity index (χ1n) is 12.2. The lowest BCUT2D eigenvalue weighted by Crippen LogP contribution is -2.48. The lowest BCUT2D eigenvalue weighted by Gasteiger charge is -2.44. The summed E-state index contributed by atoms with van der Waals surface area (Å²) >= 11 is 0.